The topological polar surface area (TPSA) is 241 Å². The van der Waals surface area contributed by atoms with Gasteiger partial charge in [0.05, 0.1) is 35.8 Å². The Labute approximate surface area is 166 Å². The minimum atomic E-state index is -1.55. The Hall–Kier alpha value is -2.90. The Morgan fingerprint density at radius 1 is 0.346 bits per heavy atom. The average molecular weight is 396 g/mol. The fourth-order valence-corrected chi connectivity index (χ4v) is 0.408. The number of aliphatic carboxylic acids is 6. The number of hydrogen-bond donors (Lipinski definition) is 0. The van der Waals surface area contributed by atoms with E-state index in [0.717, 1.165) is 0 Å². The molecule has 0 rings (SSSR count). The van der Waals surface area contributed by atoms with Crippen LogP contribution >= 0.6 is 0 Å². The molecule has 0 unspecified atom stereocenters. The Bertz CT molecular complexity index is 448. The molecule has 0 aromatic carbocycles. The molecule has 12 nitrogen and oxygen atoms in total. The molecule has 0 aliphatic rings. The summed E-state index contributed by atoms with van der Waals surface area (Å²) in [5, 5.41) is 56.5. The second kappa shape index (κ2) is 22.1. The Balaban J connectivity index is -0.0000000817. The second-order valence-electron chi connectivity index (χ2n) is 2.91. The van der Waals surface area contributed by atoms with Crippen molar-refractivity contribution in [2.45, 2.75) is 0 Å². The molecule has 0 N–H and O–H groups in total. The van der Waals surface area contributed by atoms with Crippen molar-refractivity contribution in [3.05, 3.63) is 36.5 Å². The largest absolute Gasteiger partial charge is 3.00 e. The van der Waals surface area contributed by atoms with Gasteiger partial charge in [0, 0.05) is 0 Å². The minimum Gasteiger partial charge on any atom is -0.545 e. The van der Waals surface area contributed by atoms with E-state index in [1.807, 2.05) is 0 Å². The Morgan fingerprint density at radius 2 is 0.423 bits per heavy atom. The molecule has 26 heavy (non-hydrogen) atoms. The van der Waals surface area contributed by atoms with E-state index in [4.69, 9.17) is 0 Å². The minimum absolute atomic E-state index is 0. The van der Waals surface area contributed by atoms with E-state index >= 15 is 0 Å². The van der Waals surface area contributed by atoms with Crippen molar-refractivity contribution < 1.29 is 59.4 Å². The van der Waals surface area contributed by atoms with Crippen LogP contribution in [0.15, 0.2) is 36.5 Å². The van der Waals surface area contributed by atoms with Gasteiger partial charge in [0.15, 0.2) is 0 Å². The van der Waals surface area contributed by atoms with E-state index < -0.39 is 35.8 Å². The van der Waals surface area contributed by atoms with E-state index in [2.05, 4.69) is 0 Å². The van der Waals surface area contributed by atoms with Crippen molar-refractivity contribution in [1.82, 2.24) is 0 Å². The van der Waals surface area contributed by atoms with E-state index in [1.165, 1.54) is 0 Å². The number of carboxylic acid groups (broad SMARTS) is 6. The molecule has 0 amide bonds. The second-order valence-corrected chi connectivity index (χ2v) is 2.91. The van der Waals surface area contributed by atoms with Crippen LogP contribution in [0.2, 0.25) is 0 Å². The summed E-state index contributed by atoms with van der Waals surface area (Å²) >= 11 is 0. The summed E-state index contributed by atoms with van der Waals surface area (Å²) in [7, 11) is 0. The fraction of sp³-hybridized carbons (Fsp3) is 0. The molecule has 0 heterocycles. The molecule has 0 aromatic rings. The third-order valence-corrected chi connectivity index (χ3v) is 1.07. The first-order chi connectivity index (χ1) is 10.9. The predicted octanol–water partition coefficient (Wildman–Crippen LogP) is -9.63. The molecule has 0 aliphatic carbocycles. The van der Waals surface area contributed by atoms with Gasteiger partial charge in [-0.05, 0) is 36.5 Å². The van der Waals surface area contributed by atoms with Crippen molar-refractivity contribution >= 4 is 70.5 Å². The molecule has 0 spiro atoms. The Kier molecular flexibility index (Phi) is 29.3. The number of carbonyl (C=O) groups excluding carboxylic acids is 6. The molecule has 0 saturated carbocycles. The van der Waals surface area contributed by atoms with Crippen molar-refractivity contribution in [2.75, 3.05) is 0 Å². The predicted molar refractivity (Wildman–Crippen MR) is 69.0 cm³/mol. The third kappa shape index (κ3) is 58.2. The van der Waals surface area contributed by atoms with Crippen LogP contribution in [-0.4, -0.2) is 70.5 Å². The van der Waals surface area contributed by atoms with Gasteiger partial charge in [0.2, 0.25) is 0 Å². The maximum Gasteiger partial charge on any atom is 3.00 e. The molecular weight excluding hydrogens is 390 g/mol. The number of hydrogen-bond acceptors (Lipinski definition) is 12. The standard InChI is InChI=1S/3C4H4O4.2Al/c3*5-3(6)1-2-4(7)8;;/h3*1-2H,(H,5,6)(H,7,8);;/q;;;2*+3/p-6/b3*2-1-;;. The number of rotatable bonds is 6. The first-order valence-electron chi connectivity index (χ1n) is 5.18. The van der Waals surface area contributed by atoms with Gasteiger partial charge >= 0.3 is 34.7 Å². The molecular formula is C12H6Al2O12. The number of carbonyl (C=O) groups is 6. The molecule has 0 aliphatic heterocycles. The summed E-state index contributed by atoms with van der Waals surface area (Å²) in [6.07, 6.45) is 2.31. The molecule has 14 heteroatoms. The van der Waals surface area contributed by atoms with Crippen molar-refractivity contribution in [2.24, 2.45) is 0 Å². The summed E-state index contributed by atoms with van der Waals surface area (Å²) < 4.78 is 0. The zero-order valence-electron chi connectivity index (χ0n) is 12.5. The van der Waals surface area contributed by atoms with E-state index in [-0.39, 0.29) is 34.7 Å². The summed E-state index contributed by atoms with van der Waals surface area (Å²) in [5.41, 5.74) is 0. The average Bonchev–Trinajstić information content (AvgIpc) is 2.42. The van der Waals surface area contributed by atoms with Crippen molar-refractivity contribution in [3.8, 4) is 0 Å². The van der Waals surface area contributed by atoms with Crippen LogP contribution in [-0.2, 0) is 28.8 Å². The molecule has 0 saturated heterocycles. The van der Waals surface area contributed by atoms with Crippen LogP contribution in [0.4, 0.5) is 0 Å². The van der Waals surface area contributed by atoms with Gasteiger partial charge in [-0.3, -0.25) is 0 Å². The van der Waals surface area contributed by atoms with Crippen LogP contribution in [0.1, 0.15) is 0 Å². The zero-order chi connectivity index (χ0) is 19.7. The van der Waals surface area contributed by atoms with Crippen LogP contribution < -0.4 is 30.6 Å². The zero-order valence-corrected chi connectivity index (χ0v) is 14.8. The molecule has 0 aromatic heterocycles. The SMILES string of the molecule is O=C([O-])/C=C\C(=O)[O-].O=C([O-])/C=C\C(=O)[O-].O=C([O-])/C=C\C(=O)[O-].[Al+3].[Al+3]. The summed E-state index contributed by atoms with van der Waals surface area (Å²) in [4.78, 5) is 56.5. The van der Waals surface area contributed by atoms with Gasteiger partial charge in [-0.1, -0.05) is 0 Å². The summed E-state index contributed by atoms with van der Waals surface area (Å²) in [5.74, 6) is -9.28. The normalized spacial score (nSPS) is 8.77. The number of carboxylic acids is 6. The monoisotopic (exact) mass is 396 g/mol. The van der Waals surface area contributed by atoms with Crippen LogP contribution in [0, 0.1) is 0 Å². The van der Waals surface area contributed by atoms with Gasteiger partial charge in [0.25, 0.3) is 0 Å². The van der Waals surface area contributed by atoms with Crippen LogP contribution in [0.5, 0.6) is 0 Å². The smallest absolute Gasteiger partial charge is 0.545 e. The molecule has 0 atom stereocenters. The summed E-state index contributed by atoms with van der Waals surface area (Å²) in [6, 6.07) is 0. The van der Waals surface area contributed by atoms with Crippen molar-refractivity contribution in [3.63, 3.8) is 0 Å². The summed E-state index contributed by atoms with van der Waals surface area (Å²) in [6.45, 7) is 0. The van der Waals surface area contributed by atoms with Gasteiger partial charge in [0.1, 0.15) is 0 Å². The molecule has 0 bridgehead atoms. The first-order valence-corrected chi connectivity index (χ1v) is 5.18. The van der Waals surface area contributed by atoms with Crippen LogP contribution in [0.25, 0.3) is 0 Å². The Morgan fingerprint density at radius 3 is 0.462 bits per heavy atom. The molecule has 132 valence electrons. The van der Waals surface area contributed by atoms with Crippen LogP contribution in [0.3, 0.4) is 0 Å². The van der Waals surface area contributed by atoms with Gasteiger partial charge in [-0.15, -0.1) is 0 Å². The van der Waals surface area contributed by atoms with Crippen molar-refractivity contribution in [1.29, 1.82) is 0 Å². The molecule has 0 radical (unpaired) electrons. The third-order valence-electron chi connectivity index (χ3n) is 1.07. The molecule has 0 fully saturated rings. The fourth-order valence-electron chi connectivity index (χ4n) is 0.408. The first kappa shape index (κ1) is 34.4. The maximum atomic E-state index is 9.41. The quantitative estimate of drug-likeness (QED) is 0.300. The maximum absolute atomic E-state index is 9.41. The van der Waals surface area contributed by atoms with E-state index in [0.29, 0.717) is 36.5 Å². The van der Waals surface area contributed by atoms with Gasteiger partial charge in [-0.25, -0.2) is 0 Å². The van der Waals surface area contributed by atoms with Gasteiger partial charge in [-0.2, -0.15) is 0 Å². The van der Waals surface area contributed by atoms with E-state index in [1.54, 1.807) is 0 Å². The van der Waals surface area contributed by atoms with Gasteiger partial charge < -0.3 is 59.4 Å². The van der Waals surface area contributed by atoms with E-state index in [9.17, 15) is 59.4 Å².